The van der Waals surface area contributed by atoms with Crippen LogP contribution in [0.25, 0.3) is 11.4 Å². The topological polar surface area (TPSA) is 71.2 Å². The zero-order chi connectivity index (χ0) is 23.1. The Hall–Kier alpha value is -2.99. The van der Waals surface area contributed by atoms with Crippen LogP contribution in [-0.2, 0) is 18.6 Å². The van der Waals surface area contributed by atoms with Gasteiger partial charge in [-0.05, 0) is 56.2 Å². The number of hydrogen-bond donors (Lipinski definition) is 1. The molecule has 2 aromatic heterocycles. The number of piperidine rings is 1. The molecule has 2 fully saturated rings. The molecule has 2 aliphatic heterocycles. The lowest BCUT2D eigenvalue weighted by Crippen LogP contribution is -2.59. The van der Waals surface area contributed by atoms with E-state index in [0.29, 0.717) is 18.8 Å². The highest BCUT2D eigenvalue weighted by Crippen LogP contribution is 2.47. The van der Waals surface area contributed by atoms with E-state index in [2.05, 4.69) is 9.55 Å². The molecule has 1 saturated heterocycles. The van der Waals surface area contributed by atoms with Crippen molar-refractivity contribution in [1.82, 2.24) is 19.4 Å². The van der Waals surface area contributed by atoms with Crippen molar-refractivity contribution in [3.8, 4) is 11.4 Å². The molecule has 1 aliphatic carbocycles. The Balaban J connectivity index is 1.36. The molecule has 1 N–H and O–H groups in total. The van der Waals surface area contributed by atoms with E-state index in [9.17, 15) is 9.90 Å². The average Bonchev–Trinajstić information content (AvgIpc) is 3.30. The van der Waals surface area contributed by atoms with Crippen LogP contribution in [0.1, 0.15) is 66.8 Å². The van der Waals surface area contributed by atoms with E-state index in [-0.39, 0.29) is 17.9 Å². The van der Waals surface area contributed by atoms with Crippen molar-refractivity contribution in [1.29, 1.82) is 0 Å². The van der Waals surface area contributed by atoms with Gasteiger partial charge in [-0.2, -0.15) is 0 Å². The molecule has 1 unspecified atom stereocenters. The summed E-state index contributed by atoms with van der Waals surface area (Å²) in [6.07, 6.45) is 9.51. The molecular weight excluding hydrogens is 424 g/mol. The van der Waals surface area contributed by atoms with Crippen molar-refractivity contribution in [2.75, 3.05) is 6.54 Å². The predicted molar refractivity (Wildman–Crippen MR) is 130 cm³/mol. The summed E-state index contributed by atoms with van der Waals surface area (Å²) in [7, 11) is 0. The van der Waals surface area contributed by atoms with Crippen LogP contribution >= 0.6 is 0 Å². The Morgan fingerprint density at radius 1 is 0.971 bits per heavy atom. The van der Waals surface area contributed by atoms with E-state index in [1.54, 1.807) is 6.20 Å². The molecule has 1 amide bonds. The van der Waals surface area contributed by atoms with Gasteiger partial charge in [0.2, 0.25) is 0 Å². The fraction of sp³-hybridized carbons (Fsp3) is 0.464. The first-order valence-corrected chi connectivity index (χ1v) is 12.8. The van der Waals surface area contributed by atoms with Gasteiger partial charge in [-0.1, -0.05) is 49.2 Å². The van der Waals surface area contributed by atoms with Gasteiger partial charge >= 0.3 is 0 Å². The molecule has 3 atom stereocenters. The first kappa shape index (κ1) is 21.5. The van der Waals surface area contributed by atoms with Crippen molar-refractivity contribution < 1.29 is 9.90 Å². The number of hydrogen-bond acceptors (Lipinski definition) is 4. The van der Waals surface area contributed by atoms with Crippen LogP contribution in [0.4, 0.5) is 0 Å². The van der Waals surface area contributed by atoms with Crippen molar-refractivity contribution >= 4 is 5.91 Å². The van der Waals surface area contributed by atoms with Crippen LogP contribution in [0.3, 0.4) is 0 Å². The van der Waals surface area contributed by atoms with Crippen molar-refractivity contribution in [3.05, 3.63) is 71.8 Å². The zero-order valence-corrected chi connectivity index (χ0v) is 19.6. The number of rotatable bonds is 3. The summed E-state index contributed by atoms with van der Waals surface area (Å²) in [5.74, 6) is 0.606. The summed E-state index contributed by atoms with van der Waals surface area (Å²) in [6, 6.07) is 15.9. The molecule has 1 aromatic carbocycles. The fourth-order valence-corrected chi connectivity index (χ4v) is 6.56. The number of benzene rings is 1. The second-order valence-corrected chi connectivity index (χ2v) is 10.1. The summed E-state index contributed by atoms with van der Waals surface area (Å²) >= 11 is 0. The minimum absolute atomic E-state index is 0.0114. The molecule has 0 radical (unpaired) electrons. The number of carbonyl (C=O) groups is 1. The number of likely N-dealkylation sites (tertiary alicyclic amines) is 1. The number of amides is 1. The Labute approximate surface area is 200 Å². The summed E-state index contributed by atoms with van der Waals surface area (Å²) in [6.45, 7) is 1.37. The van der Waals surface area contributed by atoms with E-state index in [0.717, 1.165) is 74.1 Å². The van der Waals surface area contributed by atoms with Gasteiger partial charge < -0.3 is 14.6 Å². The summed E-state index contributed by atoms with van der Waals surface area (Å²) < 4.78 is 2.14. The number of carbonyl (C=O) groups excluding carboxylic acids is 1. The molecule has 0 spiro atoms. The van der Waals surface area contributed by atoms with E-state index in [1.807, 2.05) is 53.4 Å². The van der Waals surface area contributed by atoms with Gasteiger partial charge in [-0.15, -0.1) is 0 Å². The Morgan fingerprint density at radius 3 is 2.62 bits per heavy atom. The molecule has 0 bridgehead atoms. The van der Waals surface area contributed by atoms with E-state index in [4.69, 9.17) is 4.98 Å². The molecule has 3 aromatic rings. The SMILES string of the molecule is O=C(c1nc(-c2ccccn2)c2n1CCCC2)N1CC[C@@](O)(c2ccccc2)[C@@H]2CCCCC21. The van der Waals surface area contributed by atoms with Crippen LogP contribution in [0.15, 0.2) is 54.7 Å². The third-order valence-corrected chi connectivity index (χ3v) is 8.23. The number of imidazole rings is 1. The van der Waals surface area contributed by atoms with Gasteiger partial charge in [-0.25, -0.2) is 4.98 Å². The monoisotopic (exact) mass is 456 g/mol. The second kappa shape index (κ2) is 8.66. The van der Waals surface area contributed by atoms with E-state index < -0.39 is 5.60 Å². The van der Waals surface area contributed by atoms with Crippen LogP contribution in [0.5, 0.6) is 0 Å². The zero-order valence-electron chi connectivity index (χ0n) is 19.6. The molecule has 3 aliphatic rings. The standard InChI is InChI=1S/C28H32N4O2/c33-27(26-30-25(22-13-6-8-17-29-22)24-15-7-9-18-31(24)26)32-19-16-28(34,20-10-2-1-3-11-20)21-12-4-5-14-23(21)32/h1-3,6,8,10-11,13,17,21,23,34H,4-5,7,9,12,14-16,18-19H2/t21-,23?,28-/m1/s1. The normalized spacial score (nSPS) is 26.6. The number of nitrogens with zero attached hydrogens (tertiary/aromatic N) is 4. The minimum Gasteiger partial charge on any atom is -0.385 e. The Morgan fingerprint density at radius 2 is 1.79 bits per heavy atom. The molecule has 34 heavy (non-hydrogen) atoms. The van der Waals surface area contributed by atoms with Gasteiger partial charge in [0.05, 0.1) is 11.3 Å². The maximum atomic E-state index is 14.1. The highest BCUT2D eigenvalue weighted by molar-refractivity contribution is 5.92. The lowest BCUT2D eigenvalue weighted by atomic mass is 9.66. The minimum atomic E-state index is -0.881. The van der Waals surface area contributed by atoms with Crippen molar-refractivity contribution in [3.63, 3.8) is 0 Å². The van der Waals surface area contributed by atoms with Crippen molar-refractivity contribution in [2.24, 2.45) is 5.92 Å². The van der Waals surface area contributed by atoms with Crippen LogP contribution in [0.2, 0.25) is 0 Å². The average molecular weight is 457 g/mol. The molecule has 6 heteroatoms. The predicted octanol–water partition coefficient (Wildman–Crippen LogP) is 4.57. The Kier molecular flexibility index (Phi) is 5.48. The highest BCUT2D eigenvalue weighted by atomic mass is 16.3. The van der Waals surface area contributed by atoms with E-state index >= 15 is 0 Å². The first-order valence-electron chi connectivity index (χ1n) is 12.8. The molecule has 1 saturated carbocycles. The maximum absolute atomic E-state index is 14.1. The van der Waals surface area contributed by atoms with Crippen LogP contribution in [-0.4, -0.2) is 43.0 Å². The second-order valence-electron chi connectivity index (χ2n) is 10.1. The van der Waals surface area contributed by atoms with Crippen molar-refractivity contribution in [2.45, 2.75) is 69.6 Å². The summed E-state index contributed by atoms with van der Waals surface area (Å²) in [4.78, 5) is 25.5. The lowest BCUT2D eigenvalue weighted by molar-refractivity contribution is -0.110. The summed E-state index contributed by atoms with van der Waals surface area (Å²) in [5, 5.41) is 11.9. The third-order valence-electron chi connectivity index (χ3n) is 8.23. The van der Waals surface area contributed by atoms with E-state index in [1.165, 1.54) is 0 Å². The van der Waals surface area contributed by atoms with Crippen LogP contribution in [0, 0.1) is 5.92 Å². The molecule has 6 nitrogen and oxygen atoms in total. The van der Waals surface area contributed by atoms with Gasteiger partial charge in [0, 0.05) is 36.9 Å². The largest absolute Gasteiger partial charge is 0.385 e. The van der Waals surface area contributed by atoms with Gasteiger partial charge in [0.25, 0.3) is 5.91 Å². The quantitative estimate of drug-likeness (QED) is 0.627. The highest BCUT2D eigenvalue weighted by Gasteiger charge is 2.51. The number of fused-ring (bicyclic) bond motifs is 2. The number of pyridine rings is 1. The summed E-state index contributed by atoms with van der Waals surface area (Å²) in [5.41, 5.74) is 2.91. The smallest absolute Gasteiger partial charge is 0.290 e. The fourth-order valence-electron chi connectivity index (χ4n) is 6.56. The third kappa shape index (κ3) is 3.47. The first-order chi connectivity index (χ1) is 16.7. The number of aliphatic hydroxyl groups is 1. The maximum Gasteiger partial charge on any atom is 0.290 e. The van der Waals surface area contributed by atoms with Gasteiger partial charge in [0.15, 0.2) is 5.82 Å². The lowest BCUT2D eigenvalue weighted by Gasteiger charge is -2.52. The molecule has 176 valence electrons. The van der Waals surface area contributed by atoms with Crippen LogP contribution < -0.4 is 0 Å². The molecule has 4 heterocycles. The molecule has 6 rings (SSSR count). The molecular formula is C28H32N4O2. The Bertz CT molecular complexity index is 1180. The van der Waals surface area contributed by atoms with Gasteiger partial charge in [-0.3, -0.25) is 9.78 Å². The van der Waals surface area contributed by atoms with Gasteiger partial charge in [0.1, 0.15) is 5.69 Å². The number of aromatic nitrogens is 3.